The third-order valence-electron chi connectivity index (χ3n) is 2.65. The topological polar surface area (TPSA) is 88.2 Å². The first-order chi connectivity index (χ1) is 9.10. The van der Waals surface area contributed by atoms with E-state index in [2.05, 4.69) is 15.3 Å². The van der Waals surface area contributed by atoms with Crippen LogP contribution in [0.3, 0.4) is 0 Å². The number of aromatic nitrogens is 2. The predicted octanol–water partition coefficient (Wildman–Crippen LogP) is 2.25. The number of carboxylic acid groups (broad SMARTS) is 1. The van der Waals surface area contributed by atoms with Crippen LogP contribution >= 0.6 is 0 Å². The number of anilines is 1. The monoisotopic (exact) mass is 261 g/mol. The number of carboxylic acids is 1. The van der Waals surface area contributed by atoms with Gasteiger partial charge in [0, 0.05) is 18.3 Å². The lowest BCUT2D eigenvalue weighted by atomic mass is 10.2. The Labute approximate surface area is 110 Å². The van der Waals surface area contributed by atoms with E-state index in [0.717, 1.165) is 17.9 Å². The minimum absolute atomic E-state index is 0.132. The SMILES string of the molecule is CCc1cnc(CNc2cc(C)ncc2C(=O)O)o1. The number of hydrogen-bond acceptors (Lipinski definition) is 5. The van der Waals surface area contributed by atoms with Gasteiger partial charge in [0.15, 0.2) is 0 Å². The van der Waals surface area contributed by atoms with E-state index < -0.39 is 5.97 Å². The van der Waals surface area contributed by atoms with Gasteiger partial charge in [0.25, 0.3) is 0 Å². The first-order valence-corrected chi connectivity index (χ1v) is 5.97. The average molecular weight is 261 g/mol. The Morgan fingerprint density at radius 1 is 1.42 bits per heavy atom. The molecule has 6 nitrogen and oxygen atoms in total. The van der Waals surface area contributed by atoms with E-state index in [9.17, 15) is 4.79 Å². The summed E-state index contributed by atoms with van der Waals surface area (Å²) in [6, 6.07) is 1.69. The Balaban J connectivity index is 2.14. The lowest BCUT2D eigenvalue weighted by Gasteiger charge is -2.08. The maximum atomic E-state index is 11.1. The number of hydrogen-bond donors (Lipinski definition) is 2. The van der Waals surface area contributed by atoms with Crippen LogP contribution in [0.2, 0.25) is 0 Å². The standard InChI is InChI=1S/C13H15N3O3/c1-3-9-5-16-12(19-9)7-15-11-4-8(2)14-6-10(11)13(17)18/h4-6H,3,7H2,1-2H3,(H,14,15)(H,17,18). The molecule has 0 atom stereocenters. The maximum Gasteiger partial charge on any atom is 0.339 e. The van der Waals surface area contributed by atoms with E-state index in [0.29, 0.717) is 18.1 Å². The van der Waals surface area contributed by atoms with Gasteiger partial charge in [0.05, 0.1) is 18.4 Å². The zero-order chi connectivity index (χ0) is 13.8. The van der Waals surface area contributed by atoms with Crippen LogP contribution < -0.4 is 5.32 Å². The Morgan fingerprint density at radius 3 is 2.84 bits per heavy atom. The molecule has 2 aromatic rings. The summed E-state index contributed by atoms with van der Waals surface area (Å²) in [5, 5.41) is 12.1. The number of nitrogens with zero attached hydrogens (tertiary/aromatic N) is 2. The minimum atomic E-state index is -1.02. The molecule has 0 aromatic carbocycles. The molecule has 2 heterocycles. The summed E-state index contributed by atoms with van der Waals surface area (Å²) in [6.45, 7) is 4.12. The zero-order valence-electron chi connectivity index (χ0n) is 10.8. The van der Waals surface area contributed by atoms with Gasteiger partial charge in [-0.1, -0.05) is 6.92 Å². The molecule has 2 rings (SSSR count). The molecule has 0 fully saturated rings. The maximum absolute atomic E-state index is 11.1. The van der Waals surface area contributed by atoms with Gasteiger partial charge in [-0.2, -0.15) is 0 Å². The third kappa shape index (κ3) is 3.09. The van der Waals surface area contributed by atoms with Crippen molar-refractivity contribution in [3.63, 3.8) is 0 Å². The van der Waals surface area contributed by atoms with E-state index in [1.165, 1.54) is 6.20 Å². The molecule has 0 unspecified atom stereocenters. The van der Waals surface area contributed by atoms with Crippen LogP contribution in [0.1, 0.15) is 34.6 Å². The van der Waals surface area contributed by atoms with Gasteiger partial charge in [-0.3, -0.25) is 4.98 Å². The Hall–Kier alpha value is -2.37. The minimum Gasteiger partial charge on any atom is -0.478 e. The highest BCUT2D eigenvalue weighted by atomic mass is 16.4. The van der Waals surface area contributed by atoms with Crippen molar-refractivity contribution in [1.29, 1.82) is 0 Å². The van der Waals surface area contributed by atoms with Crippen molar-refractivity contribution in [1.82, 2.24) is 9.97 Å². The van der Waals surface area contributed by atoms with Gasteiger partial charge in [-0.05, 0) is 13.0 Å². The van der Waals surface area contributed by atoms with E-state index in [4.69, 9.17) is 9.52 Å². The second-order valence-electron chi connectivity index (χ2n) is 4.10. The zero-order valence-corrected chi connectivity index (χ0v) is 10.8. The fourth-order valence-electron chi connectivity index (χ4n) is 1.64. The summed E-state index contributed by atoms with van der Waals surface area (Å²) in [5.41, 5.74) is 1.39. The molecule has 2 N–H and O–H groups in total. The fraction of sp³-hybridized carbons (Fsp3) is 0.308. The number of rotatable bonds is 5. The largest absolute Gasteiger partial charge is 0.478 e. The van der Waals surface area contributed by atoms with Gasteiger partial charge in [-0.15, -0.1) is 0 Å². The molecule has 6 heteroatoms. The molecule has 0 saturated heterocycles. The van der Waals surface area contributed by atoms with Crippen LogP contribution in [0.5, 0.6) is 0 Å². The average Bonchev–Trinajstić information content (AvgIpc) is 2.84. The lowest BCUT2D eigenvalue weighted by molar-refractivity contribution is 0.0697. The van der Waals surface area contributed by atoms with E-state index in [-0.39, 0.29) is 5.56 Å². The number of oxazole rings is 1. The number of nitrogens with one attached hydrogen (secondary N) is 1. The fourth-order valence-corrected chi connectivity index (χ4v) is 1.64. The van der Waals surface area contributed by atoms with Crippen molar-refractivity contribution in [3.8, 4) is 0 Å². The Morgan fingerprint density at radius 2 is 2.21 bits per heavy atom. The van der Waals surface area contributed by atoms with Crippen molar-refractivity contribution in [2.45, 2.75) is 26.8 Å². The highest BCUT2D eigenvalue weighted by Gasteiger charge is 2.11. The van der Waals surface area contributed by atoms with Crippen molar-refractivity contribution in [2.75, 3.05) is 5.32 Å². The smallest absolute Gasteiger partial charge is 0.339 e. The molecule has 2 aromatic heterocycles. The Kier molecular flexibility index (Phi) is 3.79. The molecule has 0 radical (unpaired) electrons. The molecule has 0 aliphatic heterocycles. The van der Waals surface area contributed by atoms with Crippen LogP contribution in [-0.2, 0) is 13.0 Å². The summed E-state index contributed by atoms with van der Waals surface area (Å²) in [5.74, 6) is 0.320. The quantitative estimate of drug-likeness (QED) is 0.858. The van der Waals surface area contributed by atoms with Crippen molar-refractivity contribution in [2.24, 2.45) is 0 Å². The molecule has 0 aliphatic carbocycles. The van der Waals surface area contributed by atoms with Gasteiger partial charge in [0.1, 0.15) is 11.3 Å². The first kappa shape index (κ1) is 13.1. The van der Waals surface area contributed by atoms with Crippen LogP contribution in [0.15, 0.2) is 22.9 Å². The molecule has 0 aliphatic rings. The summed E-state index contributed by atoms with van der Waals surface area (Å²) in [4.78, 5) is 19.2. The van der Waals surface area contributed by atoms with Gasteiger partial charge in [0.2, 0.25) is 5.89 Å². The number of pyridine rings is 1. The summed E-state index contributed by atoms with van der Waals surface area (Å²) >= 11 is 0. The van der Waals surface area contributed by atoms with Crippen LogP contribution in [0, 0.1) is 6.92 Å². The van der Waals surface area contributed by atoms with Crippen molar-refractivity contribution >= 4 is 11.7 Å². The number of carbonyl (C=O) groups is 1. The van der Waals surface area contributed by atoms with E-state index in [1.54, 1.807) is 19.2 Å². The first-order valence-electron chi connectivity index (χ1n) is 5.97. The molecule has 0 saturated carbocycles. The molecular formula is C13H15N3O3. The lowest BCUT2D eigenvalue weighted by Crippen LogP contribution is -2.07. The summed E-state index contributed by atoms with van der Waals surface area (Å²) in [6.07, 6.45) is 3.79. The van der Waals surface area contributed by atoms with Crippen LogP contribution in [0.25, 0.3) is 0 Å². The van der Waals surface area contributed by atoms with E-state index in [1.807, 2.05) is 6.92 Å². The van der Waals surface area contributed by atoms with Crippen molar-refractivity contribution in [3.05, 3.63) is 41.4 Å². The highest BCUT2D eigenvalue weighted by molar-refractivity contribution is 5.93. The molecule has 0 amide bonds. The highest BCUT2D eigenvalue weighted by Crippen LogP contribution is 2.17. The molecule has 0 spiro atoms. The molecule has 100 valence electrons. The molecule has 19 heavy (non-hydrogen) atoms. The normalized spacial score (nSPS) is 10.4. The Bertz CT molecular complexity index is 593. The molecule has 0 bridgehead atoms. The number of aryl methyl sites for hydroxylation is 2. The van der Waals surface area contributed by atoms with Crippen LogP contribution in [-0.4, -0.2) is 21.0 Å². The second-order valence-corrected chi connectivity index (χ2v) is 4.10. The van der Waals surface area contributed by atoms with Gasteiger partial charge in [-0.25, -0.2) is 9.78 Å². The van der Waals surface area contributed by atoms with Gasteiger partial charge < -0.3 is 14.8 Å². The summed E-state index contributed by atoms with van der Waals surface area (Å²) < 4.78 is 5.45. The summed E-state index contributed by atoms with van der Waals surface area (Å²) in [7, 11) is 0. The van der Waals surface area contributed by atoms with Crippen molar-refractivity contribution < 1.29 is 14.3 Å². The van der Waals surface area contributed by atoms with Gasteiger partial charge >= 0.3 is 5.97 Å². The molecular weight excluding hydrogens is 246 g/mol. The van der Waals surface area contributed by atoms with Crippen LogP contribution in [0.4, 0.5) is 5.69 Å². The van der Waals surface area contributed by atoms with E-state index >= 15 is 0 Å². The second kappa shape index (κ2) is 5.51. The number of aromatic carboxylic acids is 1. The predicted molar refractivity (Wildman–Crippen MR) is 69.1 cm³/mol. The third-order valence-corrected chi connectivity index (χ3v) is 2.65.